The van der Waals surface area contributed by atoms with Crippen molar-refractivity contribution in [3.05, 3.63) is 33.6 Å². The Morgan fingerprint density at radius 1 is 1.62 bits per heavy atom. The summed E-state index contributed by atoms with van der Waals surface area (Å²) in [7, 11) is 0. The molecule has 2 aromatic rings. The molecule has 1 amide bonds. The van der Waals surface area contributed by atoms with E-state index < -0.39 is 5.91 Å². The lowest BCUT2D eigenvalue weighted by molar-refractivity contribution is 0.0987. The van der Waals surface area contributed by atoms with Crippen LogP contribution in [-0.4, -0.2) is 27.5 Å². The molecule has 3 heterocycles. The predicted molar refractivity (Wildman–Crippen MR) is 74.2 cm³/mol. The van der Waals surface area contributed by atoms with Crippen LogP contribution in [0.1, 0.15) is 45.1 Å². The number of hydrogen-bond acceptors (Lipinski definition) is 7. The van der Waals surface area contributed by atoms with Crippen molar-refractivity contribution in [3.63, 3.8) is 0 Å². The highest BCUT2D eigenvalue weighted by Crippen LogP contribution is 2.33. The molecule has 21 heavy (non-hydrogen) atoms. The summed E-state index contributed by atoms with van der Waals surface area (Å²) in [6, 6.07) is 5.92. The summed E-state index contributed by atoms with van der Waals surface area (Å²) >= 11 is 1.48. The van der Waals surface area contributed by atoms with Crippen molar-refractivity contribution in [1.82, 2.24) is 15.0 Å². The van der Waals surface area contributed by atoms with Gasteiger partial charge >= 0.3 is 0 Å². The van der Waals surface area contributed by atoms with Crippen molar-refractivity contribution in [2.45, 2.75) is 25.4 Å². The van der Waals surface area contributed by atoms with E-state index in [-0.39, 0.29) is 11.9 Å². The lowest BCUT2D eigenvalue weighted by Gasteiger charge is -2.20. The average molecular weight is 303 g/mol. The highest BCUT2D eigenvalue weighted by atomic mass is 32.1. The molecule has 108 valence electrons. The van der Waals surface area contributed by atoms with Gasteiger partial charge in [0.1, 0.15) is 10.9 Å². The lowest BCUT2D eigenvalue weighted by atomic mass is 10.2. The number of carbonyl (C=O) groups is 1. The van der Waals surface area contributed by atoms with Gasteiger partial charge in [-0.25, -0.2) is 0 Å². The van der Waals surface area contributed by atoms with Gasteiger partial charge in [-0.3, -0.25) is 9.69 Å². The Kier molecular flexibility index (Phi) is 3.68. The molecule has 1 fully saturated rings. The SMILES string of the molecule is N#Cc1ccc(CN2CCC[C@@H]2c2nc(C(N)=O)no2)s1. The topological polar surface area (TPSA) is 109 Å². The summed E-state index contributed by atoms with van der Waals surface area (Å²) in [5, 5.41) is 12.5. The van der Waals surface area contributed by atoms with Crippen LogP contribution in [0.15, 0.2) is 16.7 Å². The summed E-state index contributed by atoms with van der Waals surface area (Å²) in [5.74, 6) is -0.343. The molecule has 1 aliphatic rings. The molecule has 2 aromatic heterocycles. The van der Waals surface area contributed by atoms with E-state index in [9.17, 15) is 4.79 Å². The third-order valence-electron chi connectivity index (χ3n) is 3.44. The Hall–Kier alpha value is -2.24. The van der Waals surface area contributed by atoms with E-state index >= 15 is 0 Å². The van der Waals surface area contributed by atoms with Crippen molar-refractivity contribution in [1.29, 1.82) is 5.26 Å². The molecule has 0 spiro atoms. The molecule has 1 atom stereocenters. The second-order valence-electron chi connectivity index (χ2n) is 4.83. The maximum absolute atomic E-state index is 11.0. The maximum Gasteiger partial charge on any atom is 0.290 e. The van der Waals surface area contributed by atoms with Gasteiger partial charge in [0.15, 0.2) is 0 Å². The maximum atomic E-state index is 11.0. The van der Waals surface area contributed by atoms with Crippen LogP contribution < -0.4 is 5.73 Å². The van der Waals surface area contributed by atoms with Crippen LogP contribution in [0, 0.1) is 11.3 Å². The van der Waals surface area contributed by atoms with Gasteiger partial charge in [0.2, 0.25) is 5.89 Å². The van der Waals surface area contributed by atoms with Gasteiger partial charge in [-0.05, 0) is 31.5 Å². The minimum Gasteiger partial charge on any atom is -0.363 e. The second-order valence-corrected chi connectivity index (χ2v) is 6.00. The standard InChI is InChI=1S/C13H13N5O2S/c14-6-8-3-4-9(21-8)7-18-5-1-2-10(18)13-16-12(11(15)19)17-20-13/h3-4,10H,1-2,5,7H2,(H2,15,19)/t10-/m1/s1. The van der Waals surface area contributed by atoms with Crippen LogP contribution in [0.3, 0.4) is 0 Å². The number of thiophene rings is 1. The smallest absolute Gasteiger partial charge is 0.290 e. The largest absolute Gasteiger partial charge is 0.363 e. The van der Waals surface area contributed by atoms with Crippen molar-refractivity contribution < 1.29 is 9.32 Å². The number of nitriles is 1. The van der Waals surface area contributed by atoms with Gasteiger partial charge in [0.25, 0.3) is 11.7 Å². The van der Waals surface area contributed by atoms with E-state index in [4.69, 9.17) is 15.5 Å². The summed E-state index contributed by atoms with van der Waals surface area (Å²) in [5.41, 5.74) is 5.14. The summed E-state index contributed by atoms with van der Waals surface area (Å²) in [6.45, 7) is 1.64. The predicted octanol–water partition coefficient (Wildman–Crippen LogP) is 1.44. The van der Waals surface area contributed by atoms with Crippen molar-refractivity contribution >= 4 is 17.2 Å². The fourth-order valence-electron chi connectivity index (χ4n) is 2.49. The van der Waals surface area contributed by atoms with E-state index in [1.807, 2.05) is 12.1 Å². The van der Waals surface area contributed by atoms with Crippen LogP contribution in [0.5, 0.6) is 0 Å². The van der Waals surface area contributed by atoms with Crippen molar-refractivity contribution in [3.8, 4) is 6.07 Å². The molecule has 7 nitrogen and oxygen atoms in total. The molecule has 3 rings (SSSR count). The Bertz CT molecular complexity index is 701. The molecule has 1 saturated heterocycles. The molecule has 0 unspecified atom stereocenters. The number of nitrogens with two attached hydrogens (primary N) is 1. The number of hydrogen-bond donors (Lipinski definition) is 1. The Balaban J connectivity index is 1.75. The Morgan fingerprint density at radius 2 is 2.48 bits per heavy atom. The first-order chi connectivity index (χ1) is 10.2. The monoisotopic (exact) mass is 303 g/mol. The molecular weight excluding hydrogens is 290 g/mol. The van der Waals surface area contributed by atoms with Crippen LogP contribution in [0.4, 0.5) is 0 Å². The van der Waals surface area contributed by atoms with E-state index in [1.165, 1.54) is 11.3 Å². The van der Waals surface area contributed by atoms with Crippen LogP contribution in [0.2, 0.25) is 0 Å². The number of aromatic nitrogens is 2. The molecule has 1 aliphatic heterocycles. The second kappa shape index (κ2) is 5.63. The quantitative estimate of drug-likeness (QED) is 0.915. The highest BCUT2D eigenvalue weighted by Gasteiger charge is 2.31. The Morgan fingerprint density at radius 3 is 3.14 bits per heavy atom. The van der Waals surface area contributed by atoms with E-state index in [2.05, 4.69) is 21.1 Å². The van der Waals surface area contributed by atoms with Crippen LogP contribution in [0.25, 0.3) is 0 Å². The number of likely N-dealkylation sites (tertiary alicyclic amines) is 1. The third kappa shape index (κ3) is 2.79. The molecule has 0 aromatic carbocycles. The first-order valence-electron chi connectivity index (χ1n) is 6.53. The molecular formula is C13H13N5O2S. The fourth-order valence-corrected chi connectivity index (χ4v) is 3.32. The summed E-state index contributed by atoms with van der Waals surface area (Å²) in [4.78, 5) is 19.1. The van der Waals surface area contributed by atoms with Gasteiger partial charge in [-0.2, -0.15) is 10.2 Å². The normalized spacial score (nSPS) is 18.7. The van der Waals surface area contributed by atoms with Crippen molar-refractivity contribution in [2.24, 2.45) is 5.73 Å². The minimum atomic E-state index is -0.688. The Labute approximate surface area is 125 Å². The zero-order chi connectivity index (χ0) is 14.8. The van der Waals surface area contributed by atoms with E-state index in [1.54, 1.807) is 0 Å². The van der Waals surface area contributed by atoms with Crippen LogP contribution in [-0.2, 0) is 6.54 Å². The molecule has 0 bridgehead atoms. The number of amides is 1. The molecule has 0 aliphatic carbocycles. The molecule has 8 heteroatoms. The zero-order valence-corrected chi connectivity index (χ0v) is 12.0. The van der Waals surface area contributed by atoms with E-state index in [0.29, 0.717) is 10.8 Å². The summed E-state index contributed by atoms with van der Waals surface area (Å²) < 4.78 is 5.15. The van der Waals surface area contributed by atoms with Gasteiger partial charge in [0.05, 0.1) is 6.04 Å². The van der Waals surface area contributed by atoms with Gasteiger partial charge in [-0.15, -0.1) is 11.3 Å². The van der Waals surface area contributed by atoms with Gasteiger partial charge in [0, 0.05) is 11.4 Å². The molecule has 0 saturated carbocycles. The molecule has 0 radical (unpaired) electrons. The molecule has 2 N–H and O–H groups in total. The average Bonchev–Trinajstić information content (AvgIpc) is 3.18. The first kappa shape index (κ1) is 13.7. The minimum absolute atomic E-state index is 0.00163. The van der Waals surface area contributed by atoms with E-state index in [0.717, 1.165) is 30.8 Å². The highest BCUT2D eigenvalue weighted by molar-refractivity contribution is 7.12. The number of nitrogens with zero attached hydrogens (tertiary/aromatic N) is 4. The fraction of sp³-hybridized carbons (Fsp3) is 0.385. The third-order valence-corrected chi connectivity index (χ3v) is 4.42. The van der Waals surface area contributed by atoms with Crippen molar-refractivity contribution in [2.75, 3.05) is 6.54 Å². The number of carbonyl (C=O) groups excluding carboxylic acids is 1. The first-order valence-corrected chi connectivity index (χ1v) is 7.35. The van der Waals surface area contributed by atoms with Gasteiger partial charge in [-0.1, -0.05) is 5.16 Å². The zero-order valence-electron chi connectivity index (χ0n) is 11.2. The summed E-state index contributed by atoms with van der Waals surface area (Å²) in [6.07, 6.45) is 1.92. The van der Waals surface area contributed by atoms with Crippen LogP contribution >= 0.6 is 11.3 Å². The lowest BCUT2D eigenvalue weighted by Crippen LogP contribution is -2.22. The number of primary amides is 1. The number of rotatable bonds is 4. The van der Waals surface area contributed by atoms with Gasteiger partial charge < -0.3 is 10.3 Å².